The van der Waals surface area contributed by atoms with Gasteiger partial charge in [-0.05, 0) is 42.5 Å². The van der Waals surface area contributed by atoms with Crippen molar-refractivity contribution >= 4 is 33.4 Å². The minimum absolute atomic E-state index is 0.00145. The Bertz CT molecular complexity index is 1010. The van der Waals surface area contributed by atoms with Crippen molar-refractivity contribution in [2.24, 2.45) is 5.73 Å². The summed E-state index contributed by atoms with van der Waals surface area (Å²) in [7, 11) is 0.350. The summed E-state index contributed by atoms with van der Waals surface area (Å²) in [5.74, 6) is 0.126. The van der Waals surface area contributed by atoms with Gasteiger partial charge in [0, 0.05) is 12.1 Å². The molecule has 0 bridgehead atoms. The molecule has 2 rings (SSSR count). The summed E-state index contributed by atoms with van der Waals surface area (Å²) < 4.78 is 36.1. The molecule has 0 saturated carbocycles. The highest BCUT2D eigenvalue weighted by Gasteiger charge is 2.24. The minimum atomic E-state index is -3.88. The summed E-state index contributed by atoms with van der Waals surface area (Å²) in [6, 6.07) is 10.4. The third kappa shape index (κ3) is 5.59. The largest absolute Gasteiger partial charge is 0.493 e. The highest BCUT2D eigenvalue weighted by atomic mass is 35.5. The Morgan fingerprint density at radius 1 is 1.10 bits per heavy atom. The van der Waals surface area contributed by atoms with Gasteiger partial charge < -0.3 is 9.47 Å². The lowest BCUT2D eigenvalue weighted by Crippen LogP contribution is -2.76. The first-order valence-corrected chi connectivity index (χ1v) is 10.0. The van der Waals surface area contributed by atoms with Gasteiger partial charge in [0.05, 0.1) is 24.7 Å². The van der Waals surface area contributed by atoms with Gasteiger partial charge in [-0.3, -0.25) is 10.6 Å². The number of likely N-dealkylation sites (N-methyl/N-ethyl adjacent to an activating group) is 1. The van der Waals surface area contributed by atoms with E-state index in [2.05, 4.69) is 5.16 Å². The molecule has 0 aliphatic rings. The van der Waals surface area contributed by atoms with E-state index in [1.165, 1.54) is 45.5 Å². The number of rotatable bonds is 8. The van der Waals surface area contributed by atoms with Crippen LogP contribution in [0.25, 0.3) is 0 Å². The second-order valence-corrected chi connectivity index (χ2v) is 8.26. The summed E-state index contributed by atoms with van der Waals surface area (Å²) in [5, 5.41) is 2.70. The standard InChI is InChI=1S/C18H20ClN3O6S/c1-22(29(24,25)14-7-5-13(19)6-8-14)11-17(23)28-21-18(20)12-4-9-15(26-2)16(10-12)27-3/h4-10H,11H2,1-3H3,(H2,20,21)/p+1. The number of nitrogens with one attached hydrogen (secondary N) is 1. The number of benzene rings is 2. The van der Waals surface area contributed by atoms with Gasteiger partial charge in [-0.2, -0.15) is 4.31 Å². The Morgan fingerprint density at radius 3 is 2.31 bits per heavy atom. The molecule has 2 aromatic carbocycles. The van der Waals surface area contributed by atoms with Crippen LogP contribution in [-0.2, 0) is 19.7 Å². The van der Waals surface area contributed by atoms with E-state index in [1.807, 2.05) is 0 Å². The number of halogens is 1. The van der Waals surface area contributed by atoms with Crippen LogP contribution in [-0.4, -0.2) is 52.3 Å². The lowest BCUT2D eigenvalue weighted by atomic mass is 10.2. The molecule has 0 unspecified atom stereocenters. The molecule has 156 valence electrons. The Balaban J connectivity index is 2.05. The van der Waals surface area contributed by atoms with Crippen molar-refractivity contribution in [3.63, 3.8) is 0 Å². The predicted molar refractivity (Wildman–Crippen MR) is 106 cm³/mol. The fourth-order valence-corrected chi connectivity index (χ4v) is 3.50. The van der Waals surface area contributed by atoms with Crippen LogP contribution in [0.4, 0.5) is 0 Å². The Labute approximate surface area is 173 Å². The van der Waals surface area contributed by atoms with Crippen molar-refractivity contribution in [2.45, 2.75) is 4.90 Å². The molecule has 3 N–H and O–H groups in total. The second-order valence-electron chi connectivity index (χ2n) is 5.77. The molecule has 11 heteroatoms. The number of sulfonamides is 1. The van der Waals surface area contributed by atoms with E-state index in [0.29, 0.717) is 22.1 Å². The molecule has 0 aliphatic carbocycles. The van der Waals surface area contributed by atoms with E-state index < -0.39 is 22.5 Å². The number of hydrogen-bond acceptors (Lipinski definition) is 6. The Hall–Kier alpha value is -2.82. The Kier molecular flexibility index (Phi) is 7.43. The molecule has 0 aliphatic heterocycles. The van der Waals surface area contributed by atoms with E-state index in [4.69, 9.17) is 31.6 Å². The number of ether oxygens (including phenoxy) is 2. The summed E-state index contributed by atoms with van der Waals surface area (Å²) in [5.41, 5.74) is 6.35. The van der Waals surface area contributed by atoms with Crippen molar-refractivity contribution in [2.75, 3.05) is 27.8 Å². The van der Waals surface area contributed by atoms with Crippen LogP contribution in [0.1, 0.15) is 5.56 Å². The lowest BCUT2D eigenvalue weighted by molar-refractivity contribution is -0.723. The first kappa shape index (κ1) is 22.5. The SMILES string of the molecule is COc1ccc(C(N)=[NH+]OC(=O)CN(C)S(=O)(=O)c2ccc(Cl)cc2)cc1OC. The van der Waals surface area contributed by atoms with Gasteiger partial charge in [0.1, 0.15) is 6.54 Å². The van der Waals surface area contributed by atoms with Gasteiger partial charge in [-0.15, -0.1) is 0 Å². The van der Waals surface area contributed by atoms with E-state index in [1.54, 1.807) is 18.2 Å². The first-order chi connectivity index (χ1) is 13.7. The smallest absolute Gasteiger partial charge is 0.372 e. The predicted octanol–water partition coefficient (Wildman–Crippen LogP) is -0.0780. The number of hydrogen-bond donors (Lipinski definition) is 2. The van der Waals surface area contributed by atoms with Gasteiger partial charge in [0.15, 0.2) is 11.5 Å². The molecule has 0 saturated heterocycles. The molecule has 0 atom stereocenters. The number of nitrogen functional groups attached to an aromatic ring is 1. The van der Waals surface area contributed by atoms with Gasteiger partial charge in [0.25, 0.3) is 0 Å². The molecular weight excluding hydrogens is 422 g/mol. The van der Waals surface area contributed by atoms with Crippen LogP contribution < -0.4 is 20.4 Å². The highest BCUT2D eigenvalue weighted by molar-refractivity contribution is 7.89. The minimum Gasteiger partial charge on any atom is -0.493 e. The van der Waals surface area contributed by atoms with Crippen LogP contribution in [0.5, 0.6) is 11.5 Å². The monoisotopic (exact) mass is 442 g/mol. The van der Waals surface area contributed by atoms with Gasteiger partial charge >= 0.3 is 11.8 Å². The number of carbonyl (C=O) groups is 1. The third-order valence-corrected chi connectivity index (χ3v) is 5.91. The molecule has 0 amide bonds. The number of carbonyl (C=O) groups excluding carboxylic acids is 1. The highest BCUT2D eigenvalue weighted by Crippen LogP contribution is 2.27. The fourth-order valence-electron chi connectivity index (χ4n) is 2.26. The molecular formula is C18H21ClN3O6S+. The molecule has 0 fully saturated rings. The molecule has 0 radical (unpaired) electrons. The van der Waals surface area contributed by atoms with Crippen LogP contribution in [0.15, 0.2) is 47.4 Å². The second kappa shape index (κ2) is 9.59. The number of nitrogens with zero attached hydrogens (tertiary/aromatic N) is 1. The molecule has 9 nitrogen and oxygen atoms in total. The molecule has 0 spiro atoms. The van der Waals surface area contributed by atoms with E-state index in [0.717, 1.165) is 4.31 Å². The fraction of sp³-hybridized carbons (Fsp3) is 0.222. The van der Waals surface area contributed by atoms with Crippen molar-refractivity contribution in [3.8, 4) is 11.5 Å². The quantitative estimate of drug-likeness (QED) is 0.254. The number of methoxy groups -OCH3 is 2. The maximum atomic E-state index is 12.5. The normalized spacial score (nSPS) is 12.0. The zero-order valence-electron chi connectivity index (χ0n) is 16.0. The van der Waals surface area contributed by atoms with Crippen LogP contribution >= 0.6 is 11.6 Å². The van der Waals surface area contributed by atoms with Crippen molar-refractivity contribution in [1.82, 2.24) is 4.31 Å². The third-order valence-electron chi connectivity index (χ3n) is 3.84. The lowest BCUT2D eigenvalue weighted by Gasteiger charge is -2.15. The van der Waals surface area contributed by atoms with Crippen molar-refractivity contribution < 1.29 is 32.7 Å². The van der Waals surface area contributed by atoms with E-state index in [-0.39, 0.29) is 10.7 Å². The van der Waals surface area contributed by atoms with E-state index >= 15 is 0 Å². The topological polar surface area (TPSA) is 122 Å². The van der Waals surface area contributed by atoms with Crippen molar-refractivity contribution in [1.29, 1.82) is 0 Å². The maximum absolute atomic E-state index is 12.5. The summed E-state index contributed by atoms with van der Waals surface area (Å²) in [6.07, 6.45) is 0. The Morgan fingerprint density at radius 2 is 1.72 bits per heavy atom. The number of nitrogens with two attached hydrogens (primary N) is 1. The maximum Gasteiger partial charge on any atom is 0.372 e. The van der Waals surface area contributed by atoms with Crippen molar-refractivity contribution in [3.05, 3.63) is 53.1 Å². The average Bonchev–Trinajstić information content (AvgIpc) is 2.71. The van der Waals surface area contributed by atoms with Gasteiger partial charge in [0.2, 0.25) is 10.0 Å². The number of amidine groups is 1. The molecule has 29 heavy (non-hydrogen) atoms. The first-order valence-electron chi connectivity index (χ1n) is 8.21. The molecule has 0 heterocycles. The zero-order valence-corrected chi connectivity index (χ0v) is 17.6. The molecule has 0 aromatic heterocycles. The zero-order chi connectivity index (χ0) is 21.6. The summed E-state index contributed by atoms with van der Waals surface area (Å²) in [6.45, 7) is -0.531. The summed E-state index contributed by atoms with van der Waals surface area (Å²) >= 11 is 5.76. The van der Waals surface area contributed by atoms with Crippen LogP contribution in [0.3, 0.4) is 0 Å². The average molecular weight is 443 g/mol. The van der Waals surface area contributed by atoms with E-state index in [9.17, 15) is 13.2 Å². The van der Waals surface area contributed by atoms with Crippen LogP contribution in [0, 0.1) is 0 Å². The summed E-state index contributed by atoms with van der Waals surface area (Å²) in [4.78, 5) is 16.9. The van der Waals surface area contributed by atoms with Crippen LogP contribution in [0.2, 0.25) is 5.02 Å². The van der Waals surface area contributed by atoms with Gasteiger partial charge in [-0.1, -0.05) is 16.8 Å². The molecule has 2 aromatic rings. The van der Waals surface area contributed by atoms with Gasteiger partial charge in [-0.25, -0.2) is 13.2 Å².